The van der Waals surface area contributed by atoms with Gasteiger partial charge in [-0.05, 0) is 0 Å². The summed E-state index contributed by atoms with van der Waals surface area (Å²) < 4.78 is 4.47. The number of aromatic nitrogens is 2. The summed E-state index contributed by atoms with van der Waals surface area (Å²) in [6.07, 6.45) is 1.40. The van der Waals surface area contributed by atoms with Gasteiger partial charge in [-0.25, -0.2) is 4.79 Å². The Kier molecular flexibility index (Phi) is 3.06. The highest BCUT2D eigenvalue weighted by Crippen LogP contribution is 2.03. The number of rotatable bonds is 1. The van der Waals surface area contributed by atoms with Crippen molar-refractivity contribution in [1.82, 2.24) is 10.2 Å². The Hall–Kier alpha value is -1.80. The number of nitrogens with zero attached hydrogens (tertiary/aromatic N) is 1. The van der Waals surface area contributed by atoms with Crippen LogP contribution in [0.15, 0.2) is 6.20 Å². The van der Waals surface area contributed by atoms with Crippen molar-refractivity contribution in [1.29, 1.82) is 0 Å². The van der Waals surface area contributed by atoms with Crippen molar-refractivity contribution >= 4 is 5.97 Å². The maximum Gasteiger partial charge on any atom is 0.357 e. The van der Waals surface area contributed by atoms with Crippen molar-refractivity contribution in [2.75, 3.05) is 13.7 Å². The molecule has 1 heterocycles. The van der Waals surface area contributed by atoms with Crippen LogP contribution >= 0.6 is 0 Å². The fourth-order valence-corrected chi connectivity index (χ4v) is 0.773. The molecule has 0 spiro atoms. The average molecular weight is 180 g/mol. The number of aromatic amines is 1. The molecule has 1 aromatic rings. The van der Waals surface area contributed by atoms with Crippen molar-refractivity contribution in [3.63, 3.8) is 0 Å². The number of aliphatic hydroxyl groups is 1. The smallest absolute Gasteiger partial charge is 0.357 e. The van der Waals surface area contributed by atoms with E-state index in [1.54, 1.807) is 0 Å². The number of ether oxygens (including phenoxy) is 1. The molecular formula is C8H8N2O3. The number of carbonyl (C=O) groups is 1. The quantitative estimate of drug-likeness (QED) is 0.453. The fourth-order valence-electron chi connectivity index (χ4n) is 0.773. The summed E-state index contributed by atoms with van der Waals surface area (Å²) in [4.78, 5) is 11.0. The molecule has 0 radical (unpaired) electrons. The first-order chi connectivity index (χ1) is 6.29. The molecule has 1 rings (SSSR count). The number of esters is 1. The van der Waals surface area contributed by atoms with Gasteiger partial charge in [0.25, 0.3) is 0 Å². The minimum atomic E-state index is -0.528. The van der Waals surface area contributed by atoms with E-state index in [0.717, 1.165) is 0 Å². The number of aliphatic hydroxyl groups excluding tert-OH is 1. The van der Waals surface area contributed by atoms with E-state index in [9.17, 15) is 4.79 Å². The molecule has 0 fully saturated rings. The van der Waals surface area contributed by atoms with Gasteiger partial charge in [-0.3, -0.25) is 5.10 Å². The topological polar surface area (TPSA) is 75.2 Å². The summed E-state index contributed by atoms with van der Waals surface area (Å²) in [6.45, 7) is -0.258. The molecular weight excluding hydrogens is 172 g/mol. The number of hydrogen-bond acceptors (Lipinski definition) is 4. The van der Waals surface area contributed by atoms with Gasteiger partial charge in [0.1, 0.15) is 6.61 Å². The average Bonchev–Trinajstić information content (AvgIpc) is 2.61. The van der Waals surface area contributed by atoms with Crippen LogP contribution in [0.4, 0.5) is 0 Å². The van der Waals surface area contributed by atoms with Gasteiger partial charge < -0.3 is 9.84 Å². The van der Waals surface area contributed by atoms with Crippen LogP contribution in [-0.2, 0) is 4.74 Å². The number of H-pyrrole nitrogens is 1. The first-order valence-electron chi connectivity index (χ1n) is 3.51. The molecule has 13 heavy (non-hydrogen) atoms. The van der Waals surface area contributed by atoms with E-state index in [4.69, 9.17) is 5.11 Å². The van der Waals surface area contributed by atoms with Crippen LogP contribution in [0.5, 0.6) is 0 Å². The number of methoxy groups -OCH3 is 1. The zero-order chi connectivity index (χ0) is 9.68. The van der Waals surface area contributed by atoms with Gasteiger partial charge in [-0.15, -0.1) is 0 Å². The van der Waals surface area contributed by atoms with E-state index < -0.39 is 5.97 Å². The summed E-state index contributed by atoms with van der Waals surface area (Å²) in [6, 6.07) is 0. The van der Waals surface area contributed by atoms with Gasteiger partial charge in [0.15, 0.2) is 5.69 Å². The molecule has 0 aliphatic carbocycles. The molecule has 0 saturated heterocycles. The molecule has 1 aromatic heterocycles. The first kappa shape index (κ1) is 9.29. The zero-order valence-corrected chi connectivity index (χ0v) is 7.00. The second-order valence-corrected chi connectivity index (χ2v) is 2.11. The Bertz CT molecular complexity index is 359. The molecule has 0 bridgehead atoms. The molecule has 0 aliphatic rings. The SMILES string of the molecule is COC(=O)c1[nH]ncc1C#CCO. The van der Waals surface area contributed by atoms with E-state index in [2.05, 4.69) is 26.8 Å². The second kappa shape index (κ2) is 4.28. The lowest BCUT2D eigenvalue weighted by molar-refractivity contribution is 0.0593. The van der Waals surface area contributed by atoms with Gasteiger partial charge >= 0.3 is 5.97 Å². The molecule has 0 aliphatic heterocycles. The minimum Gasteiger partial charge on any atom is -0.464 e. The Labute approximate surface area is 74.7 Å². The molecule has 0 unspecified atom stereocenters. The van der Waals surface area contributed by atoms with Crippen molar-refractivity contribution in [2.45, 2.75) is 0 Å². The Balaban J connectivity index is 2.96. The summed E-state index contributed by atoms with van der Waals surface area (Å²) in [5.41, 5.74) is 0.615. The molecule has 68 valence electrons. The van der Waals surface area contributed by atoms with Gasteiger partial charge in [0.2, 0.25) is 0 Å². The monoisotopic (exact) mass is 180 g/mol. The third-order valence-corrected chi connectivity index (χ3v) is 1.33. The Morgan fingerprint density at radius 1 is 1.85 bits per heavy atom. The van der Waals surface area contributed by atoms with Crippen LogP contribution < -0.4 is 0 Å². The maximum atomic E-state index is 11.0. The van der Waals surface area contributed by atoms with Gasteiger partial charge in [-0.1, -0.05) is 11.8 Å². The first-order valence-corrected chi connectivity index (χ1v) is 3.51. The number of hydrogen-bond donors (Lipinski definition) is 2. The van der Waals surface area contributed by atoms with E-state index in [1.807, 2.05) is 0 Å². The maximum absolute atomic E-state index is 11.0. The predicted octanol–water partition coefficient (Wildman–Crippen LogP) is -0.460. The van der Waals surface area contributed by atoms with Crippen LogP contribution in [0.1, 0.15) is 16.1 Å². The summed E-state index contributed by atoms with van der Waals surface area (Å²) in [5, 5.41) is 14.5. The van der Waals surface area contributed by atoms with E-state index >= 15 is 0 Å². The summed E-state index contributed by atoms with van der Waals surface area (Å²) >= 11 is 0. The van der Waals surface area contributed by atoms with Crippen molar-refractivity contribution in [2.24, 2.45) is 0 Å². The summed E-state index contributed by atoms with van der Waals surface area (Å²) in [5.74, 6) is 4.44. The zero-order valence-electron chi connectivity index (χ0n) is 7.00. The molecule has 5 heteroatoms. The van der Waals surface area contributed by atoms with Gasteiger partial charge in [0, 0.05) is 0 Å². The molecule has 0 atom stereocenters. The van der Waals surface area contributed by atoms with Crippen LogP contribution in [0, 0.1) is 11.8 Å². The standard InChI is InChI=1S/C8H8N2O3/c1-13-8(12)7-6(3-2-4-11)5-9-10-7/h5,11H,4H2,1H3,(H,9,10). The number of nitrogens with one attached hydrogen (secondary N) is 1. The van der Waals surface area contributed by atoms with Gasteiger partial charge in [0.05, 0.1) is 18.9 Å². The fraction of sp³-hybridized carbons (Fsp3) is 0.250. The lowest BCUT2D eigenvalue weighted by Crippen LogP contribution is -2.03. The Morgan fingerprint density at radius 2 is 2.62 bits per heavy atom. The van der Waals surface area contributed by atoms with E-state index in [-0.39, 0.29) is 12.3 Å². The van der Waals surface area contributed by atoms with Crippen molar-refractivity contribution < 1.29 is 14.6 Å². The number of carbonyl (C=O) groups excluding carboxylic acids is 1. The molecule has 0 amide bonds. The van der Waals surface area contributed by atoms with Crippen LogP contribution in [0.2, 0.25) is 0 Å². The molecule has 0 saturated carbocycles. The second-order valence-electron chi connectivity index (χ2n) is 2.11. The largest absolute Gasteiger partial charge is 0.464 e. The summed E-state index contributed by atoms with van der Waals surface area (Å²) in [7, 11) is 1.27. The normalized spacial score (nSPS) is 8.77. The van der Waals surface area contributed by atoms with Crippen LogP contribution in [-0.4, -0.2) is 35.0 Å². The lowest BCUT2D eigenvalue weighted by Gasteiger charge is -1.93. The third-order valence-electron chi connectivity index (χ3n) is 1.33. The highest BCUT2D eigenvalue weighted by atomic mass is 16.5. The predicted molar refractivity (Wildman–Crippen MR) is 43.9 cm³/mol. The molecule has 0 aromatic carbocycles. The van der Waals surface area contributed by atoms with Crippen molar-refractivity contribution in [3.05, 3.63) is 17.5 Å². The highest BCUT2D eigenvalue weighted by Gasteiger charge is 2.11. The van der Waals surface area contributed by atoms with E-state index in [1.165, 1.54) is 13.3 Å². The van der Waals surface area contributed by atoms with Gasteiger partial charge in [-0.2, -0.15) is 5.10 Å². The van der Waals surface area contributed by atoms with Crippen molar-refractivity contribution in [3.8, 4) is 11.8 Å². The van der Waals surface area contributed by atoms with E-state index in [0.29, 0.717) is 5.56 Å². The Morgan fingerprint density at radius 3 is 3.23 bits per heavy atom. The van der Waals surface area contributed by atoms with Crippen LogP contribution in [0.3, 0.4) is 0 Å². The molecule has 5 nitrogen and oxygen atoms in total. The van der Waals surface area contributed by atoms with Crippen LogP contribution in [0.25, 0.3) is 0 Å². The highest BCUT2D eigenvalue weighted by molar-refractivity contribution is 5.89. The third kappa shape index (κ3) is 2.07. The minimum absolute atomic E-state index is 0.198. The molecule has 2 N–H and O–H groups in total. The lowest BCUT2D eigenvalue weighted by atomic mass is 10.2.